The Bertz CT molecular complexity index is 1220. The van der Waals surface area contributed by atoms with Gasteiger partial charge in [-0.25, -0.2) is 14.4 Å². The van der Waals surface area contributed by atoms with Crippen LogP contribution in [0.4, 0.5) is 10.2 Å². The molecule has 1 aromatic carbocycles. The van der Waals surface area contributed by atoms with Gasteiger partial charge in [0.1, 0.15) is 23.6 Å². The number of nitrogens with zero attached hydrogens (tertiary/aromatic N) is 5. The second-order valence-corrected chi connectivity index (χ2v) is 11.3. The molecule has 1 spiro atoms. The van der Waals surface area contributed by atoms with Crippen LogP contribution in [0.2, 0.25) is 0 Å². The molecule has 3 fully saturated rings. The number of piperidine rings is 1. The Labute approximate surface area is 228 Å². The van der Waals surface area contributed by atoms with E-state index in [4.69, 9.17) is 10.5 Å². The summed E-state index contributed by atoms with van der Waals surface area (Å²) in [6.07, 6.45) is 6.42. The van der Waals surface area contributed by atoms with E-state index in [-0.39, 0.29) is 34.6 Å². The summed E-state index contributed by atoms with van der Waals surface area (Å²) in [5.74, 6) is 0.497. The minimum absolute atomic E-state index is 0.00118. The molecule has 0 radical (unpaired) electrons. The Kier molecular flexibility index (Phi) is 7.47. The van der Waals surface area contributed by atoms with Crippen LogP contribution in [-0.4, -0.2) is 82.6 Å². The van der Waals surface area contributed by atoms with Crippen molar-refractivity contribution in [2.75, 3.05) is 44.2 Å². The Hall–Kier alpha value is -3.31. The average Bonchev–Trinajstić information content (AvgIpc) is 3.36. The Balaban J connectivity index is 1.27. The normalized spacial score (nSPS) is 22.2. The number of rotatable bonds is 7. The highest BCUT2D eigenvalue weighted by atomic mass is 19.1. The van der Waals surface area contributed by atoms with Gasteiger partial charge in [-0.2, -0.15) is 0 Å². The fourth-order valence-corrected chi connectivity index (χ4v) is 6.04. The monoisotopic (exact) mass is 539 g/mol. The first-order valence-corrected chi connectivity index (χ1v) is 13.8. The summed E-state index contributed by atoms with van der Waals surface area (Å²) in [6, 6.07) is 3.92. The first kappa shape index (κ1) is 27.3. The predicted octanol–water partition coefficient (Wildman–Crippen LogP) is 2.75. The van der Waals surface area contributed by atoms with Crippen molar-refractivity contribution in [2.45, 2.75) is 58.2 Å². The molecule has 3 aliphatic rings. The standard InChI is InChI=1S/C28H38FN7O3/c1-4-36(19(2)3)25(37)21-14-20(29)6-7-22(21)39-23-15-31-18-32-24(23)35-16-27(17-35)9-12-34(13-10-27)26(38)28(30)8-5-11-33-28/h6-7,14-15,18-19,33H,4-5,8-13,16-17,30H2,1-3H3/t28-/m0/s1. The Morgan fingerprint density at radius 3 is 2.59 bits per heavy atom. The number of likely N-dealkylation sites (tertiary alicyclic amines) is 1. The van der Waals surface area contributed by atoms with Gasteiger partial charge < -0.3 is 25.2 Å². The molecular weight excluding hydrogens is 501 g/mol. The number of hydrogen-bond acceptors (Lipinski definition) is 8. The number of ether oxygens (including phenoxy) is 1. The van der Waals surface area contributed by atoms with Gasteiger partial charge in [0.25, 0.3) is 11.8 Å². The van der Waals surface area contributed by atoms with Crippen LogP contribution in [0.15, 0.2) is 30.7 Å². The topological polar surface area (TPSA) is 117 Å². The van der Waals surface area contributed by atoms with Gasteiger partial charge in [-0.15, -0.1) is 0 Å². The summed E-state index contributed by atoms with van der Waals surface area (Å²) in [6.45, 7) is 9.93. The van der Waals surface area contributed by atoms with Crippen molar-refractivity contribution in [1.82, 2.24) is 25.1 Å². The van der Waals surface area contributed by atoms with Crippen molar-refractivity contribution >= 4 is 17.6 Å². The zero-order valence-electron chi connectivity index (χ0n) is 23.0. The maximum atomic E-state index is 14.2. The summed E-state index contributed by atoms with van der Waals surface area (Å²) < 4.78 is 20.4. The summed E-state index contributed by atoms with van der Waals surface area (Å²) in [4.78, 5) is 40.5. The largest absolute Gasteiger partial charge is 0.451 e. The van der Waals surface area contributed by atoms with E-state index in [0.29, 0.717) is 37.6 Å². The molecule has 3 N–H and O–H groups in total. The second-order valence-electron chi connectivity index (χ2n) is 11.3. The smallest absolute Gasteiger partial charge is 0.257 e. The summed E-state index contributed by atoms with van der Waals surface area (Å²) in [7, 11) is 0. The minimum Gasteiger partial charge on any atom is -0.451 e. The van der Waals surface area contributed by atoms with Gasteiger partial charge in [-0.3, -0.25) is 14.9 Å². The van der Waals surface area contributed by atoms with Gasteiger partial charge in [-0.05, 0) is 71.2 Å². The van der Waals surface area contributed by atoms with Crippen LogP contribution >= 0.6 is 0 Å². The quantitative estimate of drug-likeness (QED) is 0.552. The molecule has 4 heterocycles. The lowest BCUT2D eigenvalue weighted by Crippen LogP contribution is -2.65. The van der Waals surface area contributed by atoms with Gasteiger partial charge in [0.15, 0.2) is 11.6 Å². The number of amides is 2. The van der Waals surface area contributed by atoms with Gasteiger partial charge in [0.2, 0.25) is 0 Å². The van der Waals surface area contributed by atoms with Crippen molar-refractivity contribution in [3.8, 4) is 11.5 Å². The van der Waals surface area contributed by atoms with Crippen LogP contribution in [0.3, 0.4) is 0 Å². The second kappa shape index (κ2) is 10.7. The van der Waals surface area contributed by atoms with E-state index >= 15 is 0 Å². The highest BCUT2D eigenvalue weighted by molar-refractivity contribution is 5.97. The third-order valence-corrected chi connectivity index (χ3v) is 8.31. The molecule has 3 saturated heterocycles. The van der Waals surface area contributed by atoms with Crippen molar-refractivity contribution in [2.24, 2.45) is 11.1 Å². The number of nitrogens with two attached hydrogens (primary N) is 1. The van der Waals surface area contributed by atoms with E-state index < -0.39 is 11.5 Å². The fraction of sp³-hybridized carbons (Fsp3) is 0.571. The molecule has 0 unspecified atom stereocenters. The van der Waals surface area contributed by atoms with Gasteiger partial charge in [0.05, 0.1) is 11.8 Å². The molecule has 2 amide bonds. The Morgan fingerprint density at radius 1 is 1.21 bits per heavy atom. The molecule has 10 nitrogen and oxygen atoms in total. The van der Waals surface area contributed by atoms with Gasteiger partial charge >= 0.3 is 0 Å². The lowest BCUT2D eigenvalue weighted by atomic mass is 9.72. The van der Waals surface area contributed by atoms with E-state index in [1.54, 1.807) is 11.1 Å². The van der Waals surface area contributed by atoms with E-state index in [1.165, 1.54) is 24.5 Å². The molecule has 2 aromatic rings. The van der Waals surface area contributed by atoms with E-state index in [0.717, 1.165) is 38.9 Å². The van der Waals surface area contributed by atoms with Gasteiger partial charge in [-0.1, -0.05) is 0 Å². The summed E-state index contributed by atoms with van der Waals surface area (Å²) in [5.41, 5.74) is 5.65. The molecule has 0 aliphatic carbocycles. The van der Waals surface area contributed by atoms with Crippen LogP contribution < -0.4 is 20.7 Å². The van der Waals surface area contributed by atoms with Crippen LogP contribution in [0.5, 0.6) is 11.5 Å². The third kappa shape index (κ3) is 5.29. The van der Waals surface area contributed by atoms with Crippen molar-refractivity contribution < 1.29 is 18.7 Å². The van der Waals surface area contributed by atoms with Crippen LogP contribution in [0.25, 0.3) is 0 Å². The molecule has 11 heteroatoms. The summed E-state index contributed by atoms with van der Waals surface area (Å²) in [5, 5.41) is 3.17. The highest BCUT2D eigenvalue weighted by Crippen LogP contribution is 2.45. The number of benzene rings is 1. The molecule has 0 saturated carbocycles. The lowest BCUT2D eigenvalue weighted by molar-refractivity contribution is -0.140. The van der Waals surface area contributed by atoms with E-state index in [2.05, 4.69) is 20.2 Å². The number of anilines is 1. The SMILES string of the molecule is CCN(C(=O)c1cc(F)ccc1Oc1cncnc1N1CC2(CCN(C(=O)[C@]3(N)CCCN3)CC2)C1)C(C)C. The minimum atomic E-state index is -0.923. The van der Waals surface area contributed by atoms with E-state index in [9.17, 15) is 14.0 Å². The fourth-order valence-electron chi connectivity index (χ4n) is 6.04. The number of carbonyl (C=O) groups is 2. The van der Waals surface area contributed by atoms with Crippen LogP contribution in [0, 0.1) is 11.2 Å². The number of aromatic nitrogens is 2. The lowest BCUT2D eigenvalue weighted by Gasteiger charge is -2.54. The van der Waals surface area contributed by atoms with E-state index in [1.807, 2.05) is 25.7 Å². The van der Waals surface area contributed by atoms with Crippen LogP contribution in [0.1, 0.15) is 56.8 Å². The molecule has 1 atom stereocenters. The molecule has 3 aliphatic heterocycles. The maximum Gasteiger partial charge on any atom is 0.257 e. The van der Waals surface area contributed by atoms with Crippen molar-refractivity contribution in [3.63, 3.8) is 0 Å². The van der Waals surface area contributed by atoms with Crippen molar-refractivity contribution in [1.29, 1.82) is 0 Å². The third-order valence-electron chi connectivity index (χ3n) is 8.31. The molecule has 39 heavy (non-hydrogen) atoms. The zero-order valence-corrected chi connectivity index (χ0v) is 23.0. The predicted molar refractivity (Wildman–Crippen MR) is 145 cm³/mol. The molecular formula is C28H38FN7O3. The first-order valence-electron chi connectivity index (χ1n) is 13.8. The zero-order chi connectivity index (χ0) is 27.8. The first-order chi connectivity index (χ1) is 18.6. The molecule has 0 bridgehead atoms. The number of halogens is 1. The van der Waals surface area contributed by atoms with Crippen LogP contribution in [-0.2, 0) is 4.79 Å². The number of nitrogens with one attached hydrogen (secondary N) is 1. The van der Waals surface area contributed by atoms with Crippen molar-refractivity contribution in [3.05, 3.63) is 42.1 Å². The maximum absolute atomic E-state index is 14.2. The Morgan fingerprint density at radius 2 is 1.95 bits per heavy atom. The summed E-state index contributed by atoms with van der Waals surface area (Å²) >= 11 is 0. The number of carbonyl (C=O) groups excluding carboxylic acids is 2. The highest BCUT2D eigenvalue weighted by Gasteiger charge is 2.49. The molecule has 210 valence electrons. The molecule has 5 rings (SSSR count). The number of hydrogen-bond donors (Lipinski definition) is 2. The molecule has 1 aromatic heterocycles. The average molecular weight is 540 g/mol. The van der Waals surface area contributed by atoms with Gasteiger partial charge in [0, 0.05) is 44.2 Å².